The summed E-state index contributed by atoms with van der Waals surface area (Å²) in [4.78, 5) is 8.28. The highest BCUT2D eigenvalue weighted by molar-refractivity contribution is 6.29. The molecule has 0 spiro atoms. The topological polar surface area (TPSA) is 58.5 Å². The van der Waals surface area contributed by atoms with Gasteiger partial charge in [0.2, 0.25) is 0 Å². The summed E-state index contributed by atoms with van der Waals surface area (Å²) < 4.78 is 5.60. The first kappa shape index (κ1) is 16.0. The first-order valence-corrected chi connectivity index (χ1v) is 7.82. The fraction of sp³-hybridized carbons (Fsp3) is 0.600. The van der Waals surface area contributed by atoms with Crippen molar-refractivity contribution in [1.29, 1.82) is 0 Å². The van der Waals surface area contributed by atoms with Gasteiger partial charge in [0.1, 0.15) is 5.15 Å². The maximum atomic E-state index is 5.76. The van der Waals surface area contributed by atoms with Crippen LogP contribution in [0.15, 0.2) is 23.3 Å². The van der Waals surface area contributed by atoms with Gasteiger partial charge in [0.05, 0.1) is 6.10 Å². The summed E-state index contributed by atoms with van der Waals surface area (Å²) in [5.41, 5.74) is 1.15. The predicted molar refractivity (Wildman–Crippen MR) is 85.9 cm³/mol. The number of nitrogens with zero attached hydrogens (tertiary/aromatic N) is 2. The van der Waals surface area contributed by atoms with Crippen molar-refractivity contribution in [2.75, 3.05) is 26.7 Å². The van der Waals surface area contributed by atoms with Crippen LogP contribution in [0.1, 0.15) is 24.8 Å². The molecule has 0 saturated carbocycles. The minimum absolute atomic E-state index is 0.413. The first-order valence-electron chi connectivity index (χ1n) is 7.44. The number of aromatic nitrogens is 1. The Kier molecular flexibility index (Phi) is 6.76. The van der Waals surface area contributed by atoms with Gasteiger partial charge in [-0.2, -0.15) is 0 Å². The molecule has 0 aliphatic carbocycles. The van der Waals surface area contributed by atoms with Crippen LogP contribution in [0.4, 0.5) is 0 Å². The molecule has 1 unspecified atom stereocenters. The van der Waals surface area contributed by atoms with Crippen molar-refractivity contribution in [3.8, 4) is 0 Å². The summed E-state index contributed by atoms with van der Waals surface area (Å²) in [5.74, 6) is 0.829. The number of hydrogen-bond donors (Lipinski definition) is 2. The zero-order chi connectivity index (χ0) is 14.9. The molecule has 1 aliphatic heterocycles. The van der Waals surface area contributed by atoms with Gasteiger partial charge in [-0.3, -0.25) is 4.99 Å². The van der Waals surface area contributed by atoms with E-state index < -0.39 is 0 Å². The summed E-state index contributed by atoms with van der Waals surface area (Å²) in [6.45, 7) is 2.60. The Labute approximate surface area is 131 Å². The van der Waals surface area contributed by atoms with Gasteiger partial charge in [-0.15, -0.1) is 0 Å². The van der Waals surface area contributed by atoms with Crippen molar-refractivity contribution in [3.63, 3.8) is 0 Å². The average Bonchev–Trinajstić information content (AvgIpc) is 3.01. The van der Waals surface area contributed by atoms with E-state index >= 15 is 0 Å². The highest BCUT2D eigenvalue weighted by Gasteiger charge is 2.14. The third-order valence-corrected chi connectivity index (χ3v) is 3.72. The van der Waals surface area contributed by atoms with Crippen LogP contribution in [-0.4, -0.2) is 43.8 Å². The number of guanidine groups is 1. The molecule has 1 atom stereocenters. The van der Waals surface area contributed by atoms with Crippen LogP contribution in [0.2, 0.25) is 5.15 Å². The quantitative estimate of drug-likeness (QED) is 0.479. The van der Waals surface area contributed by atoms with Crippen LogP contribution < -0.4 is 10.6 Å². The van der Waals surface area contributed by atoms with Crippen LogP contribution in [0.25, 0.3) is 0 Å². The van der Waals surface area contributed by atoms with Crippen molar-refractivity contribution < 1.29 is 4.74 Å². The molecule has 1 aromatic rings. The van der Waals surface area contributed by atoms with E-state index in [4.69, 9.17) is 16.3 Å². The standard InChI is InChI=1S/C15H23ClN4O/c1-17-15(19-9-7-13-3-2-10-21-13)18-8-6-12-4-5-14(16)20-11-12/h4-5,11,13H,2-3,6-10H2,1H3,(H2,17,18,19). The van der Waals surface area contributed by atoms with Crippen LogP contribution in [-0.2, 0) is 11.2 Å². The summed E-state index contributed by atoms with van der Waals surface area (Å²) in [7, 11) is 1.78. The molecule has 6 heteroatoms. The molecule has 5 nitrogen and oxygen atoms in total. The molecule has 1 saturated heterocycles. The van der Waals surface area contributed by atoms with Crippen molar-refractivity contribution in [1.82, 2.24) is 15.6 Å². The zero-order valence-electron chi connectivity index (χ0n) is 12.4. The first-order chi connectivity index (χ1) is 10.3. The van der Waals surface area contributed by atoms with Crippen LogP contribution >= 0.6 is 11.6 Å². The van der Waals surface area contributed by atoms with Crippen molar-refractivity contribution in [2.24, 2.45) is 4.99 Å². The minimum atomic E-state index is 0.413. The number of aliphatic imine (C=N–C) groups is 1. The van der Waals surface area contributed by atoms with Crippen molar-refractivity contribution >= 4 is 17.6 Å². The second kappa shape index (κ2) is 8.85. The minimum Gasteiger partial charge on any atom is -0.378 e. The van der Waals surface area contributed by atoms with Gasteiger partial charge in [-0.25, -0.2) is 4.98 Å². The Balaban J connectivity index is 1.61. The molecule has 0 bridgehead atoms. The summed E-state index contributed by atoms with van der Waals surface area (Å²) in [5, 5.41) is 7.14. The third-order valence-electron chi connectivity index (χ3n) is 3.50. The zero-order valence-corrected chi connectivity index (χ0v) is 13.2. The number of rotatable bonds is 6. The lowest BCUT2D eigenvalue weighted by atomic mass is 10.2. The molecule has 0 aromatic carbocycles. The van der Waals surface area contributed by atoms with E-state index in [-0.39, 0.29) is 0 Å². The number of pyridine rings is 1. The molecule has 2 heterocycles. The maximum Gasteiger partial charge on any atom is 0.190 e. The average molecular weight is 311 g/mol. The van der Waals surface area contributed by atoms with Crippen LogP contribution in [0.3, 0.4) is 0 Å². The molecule has 1 aromatic heterocycles. The Morgan fingerprint density at radius 2 is 2.29 bits per heavy atom. The fourth-order valence-corrected chi connectivity index (χ4v) is 2.44. The molecular formula is C15H23ClN4O. The second-order valence-corrected chi connectivity index (χ2v) is 5.48. The summed E-state index contributed by atoms with van der Waals surface area (Å²) in [6.07, 6.45) is 6.50. The van der Waals surface area contributed by atoms with E-state index in [0.717, 1.165) is 44.1 Å². The molecule has 2 rings (SSSR count). The number of hydrogen-bond acceptors (Lipinski definition) is 3. The Morgan fingerprint density at radius 1 is 1.43 bits per heavy atom. The van der Waals surface area contributed by atoms with E-state index in [0.29, 0.717) is 11.3 Å². The number of halogens is 1. The predicted octanol–water partition coefficient (Wildman–Crippen LogP) is 2.01. The number of nitrogens with one attached hydrogen (secondary N) is 2. The molecule has 0 amide bonds. The van der Waals surface area contributed by atoms with Gasteiger partial charge in [0.15, 0.2) is 5.96 Å². The smallest absolute Gasteiger partial charge is 0.190 e. The second-order valence-electron chi connectivity index (χ2n) is 5.09. The SMILES string of the molecule is CN=C(NCCc1ccc(Cl)nc1)NCCC1CCCO1. The van der Waals surface area contributed by atoms with E-state index in [9.17, 15) is 0 Å². The molecule has 2 N–H and O–H groups in total. The van der Waals surface area contributed by atoms with E-state index in [2.05, 4.69) is 20.6 Å². The lowest BCUT2D eigenvalue weighted by Crippen LogP contribution is -2.39. The van der Waals surface area contributed by atoms with Gasteiger partial charge in [0.25, 0.3) is 0 Å². The van der Waals surface area contributed by atoms with Gasteiger partial charge in [0, 0.05) is 32.9 Å². The highest BCUT2D eigenvalue weighted by Crippen LogP contribution is 2.14. The Bertz CT molecular complexity index is 443. The molecule has 1 aliphatic rings. The Morgan fingerprint density at radius 3 is 2.95 bits per heavy atom. The van der Waals surface area contributed by atoms with Crippen molar-refractivity contribution in [3.05, 3.63) is 29.0 Å². The highest BCUT2D eigenvalue weighted by atomic mass is 35.5. The van der Waals surface area contributed by atoms with Gasteiger partial charge in [-0.05, 0) is 37.3 Å². The van der Waals surface area contributed by atoms with E-state index in [1.54, 1.807) is 13.2 Å². The lowest BCUT2D eigenvalue weighted by molar-refractivity contribution is 0.105. The maximum absolute atomic E-state index is 5.76. The Hall–Kier alpha value is -1.33. The van der Waals surface area contributed by atoms with Gasteiger partial charge >= 0.3 is 0 Å². The van der Waals surface area contributed by atoms with Gasteiger partial charge < -0.3 is 15.4 Å². The molecular weight excluding hydrogens is 288 g/mol. The molecule has 1 fully saturated rings. The van der Waals surface area contributed by atoms with E-state index in [1.165, 1.54) is 12.8 Å². The van der Waals surface area contributed by atoms with Crippen LogP contribution in [0.5, 0.6) is 0 Å². The third kappa shape index (κ3) is 5.89. The largest absolute Gasteiger partial charge is 0.378 e. The monoisotopic (exact) mass is 310 g/mol. The fourth-order valence-electron chi connectivity index (χ4n) is 2.32. The molecule has 21 heavy (non-hydrogen) atoms. The summed E-state index contributed by atoms with van der Waals surface area (Å²) in [6, 6.07) is 3.80. The van der Waals surface area contributed by atoms with E-state index in [1.807, 2.05) is 12.1 Å². The normalized spacial score (nSPS) is 18.8. The lowest BCUT2D eigenvalue weighted by Gasteiger charge is -2.14. The summed E-state index contributed by atoms with van der Waals surface area (Å²) >= 11 is 5.76. The van der Waals surface area contributed by atoms with Crippen LogP contribution in [0, 0.1) is 0 Å². The molecule has 0 radical (unpaired) electrons. The molecule has 116 valence electrons. The number of ether oxygens (including phenoxy) is 1. The van der Waals surface area contributed by atoms with Crippen molar-refractivity contribution in [2.45, 2.75) is 31.8 Å². The van der Waals surface area contributed by atoms with Gasteiger partial charge in [-0.1, -0.05) is 17.7 Å².